The van der Waals surface area contributed by atoms with Gasteiger partial charge in [-0.3, -0.25) is 9.59 Å². The van der Waals surface area contributed by atoms with Crippen molar-refractivity contribution in [3.05, 3.63) is 95.1 Å². The van der Waals surface area contributed by atoms with Gasteiger partial charge in [0.25, 0.3) is 11.8 Å². The van der Waals surface area contributed by atoms with E-state index in [1.165, 1.54) is 17.0 Å². The Morgan fingerprint density at radius 3 is 2.31 bits per heavy atom. The first kappa shape index (κ1) is 29.2. The number of rotatable bonds is 3. The van der Waals surface area contributed by atoms with E-state index in [-0.39, 0.29) is 17.9 Å². The lowest BCUT2D eigenvalue weighted by atomic mass is 9.91. The number of amides is 2. The van der Waals surface area contributed by atoms with E-state index in [4.69, 9.17) is 9.47 Å². The number of alkyl halides is 3. The highest BCUT2D eigenvalue weighted by Crippen LogP contribution is 2.55. The van der Waals surface area contributed by atoms with Crippen LogP contribution < -0.4 is 5.32 Å². The molecule has 12 heteroatoms. The smallest absolute Gasteiger partial charge is 0.374 e. The number of halogens is 3. The largest absolute Gasteiger partial charge is 0.416 e. The molecule has 5 atom stereocenters. The maximum Gasteiger partial charge on any atom is 0.416 e. The first-order chi connectivity index (χ1) is 23.0. The van der Waals surface area contributed by atoms with Gasteiger partial charge in [-0.05, 0) is 43.3 Å². The van der Waals surface area contributed by atoms with Gasteiger partial charge in [0, 0.05) is 53.3 Å². The average Bonchev–Trinajstić information content (AvgIpc) is 3.68. The van der Waals surface area contributed by atoms with Crippen LogP contribution in [-0.4, -0.2) is 57.3 Å². The van der Waals surface area contributed by atoms with Crippen LogP contribution in [0.25, 0.3) is 43.6 Å². The third-order valence-corrected chi connectivity index (χ3v) is 10.5. The molecule has 2 amide bonds. The lowest BCUT2D eigenvalue weighted by Crippen LogP contribution is -2.61. The van der Waals surface area contributed by atoms with Gasteiger partial charge in [0.15, 0.2) is 12.0 Å². The van der Waals surface area contributed by atoms with Crippen LogP contribution in [0.3, 0.4) is 0 Å². The van der Waals surface area contributed by atoms with Crippen molar-refractivity contribution >= 4 is 55.4 Å². The summed E-state index contributed by atoms with van der Waals surface area (Å²) in [5.41, 5.74) is 2.09. The number of aliphatic hydroxyl groups is 1. The monoisotopic (exact) mass is 654 g/mol. The molecular weight excluding hydrogens is 625 g/mol. The fraction of sp³-hybridized carbons (Fsp3) is 0.278. The fourth-order valence-corrected chi connectivity index (χ4v) is 8.59. The molecule has 0 saturated carbocycles. The van der Waals surface area contributed by atoms with Crippen LogP contribution in [0.2, 0.25) is 0 Å². The Bertz CT molecular complexity index is 2380. The molecule has 1 saturated heterocycles. The molecule has 1 fully saturated rings. The molecule has 244 valence electrons. The predicted molar refractivity (Wildman–Crippen MR) is 171 cm³/mol. The first-order valence-electron chi connectivity index (χ1n) is 15.6. The van der Waals surface area contributed by atoms with Crippen molar-refractivity contribution in [3.63, 3.8) is 0 Å². The second-order valence-electron chi connectivity index (χ2n) is 12.9. The van der Waals surface area contributed by atoms with Crippen LogP contribution in [-0.2, 0) is 21.4 Å². The molecule has 6 aromatic rings. The van der Waals surface area contributed by atoms with Crippen LogP contribution >= 0.6 is 0 Å². The van der Waals surface area contributed by atoms with Crippen molar-refractivity contribution in [1.82, 2.24) is 19.4 Å². The molecule has 5 heterocycles. The van der Waals surface area contributed by atoms with Crippen LogP contribution in [0, 0.1) is 0 Å². The van der Waals surface area contributed by atoms with E-state index >= 15 is 0 Å². The number of ether oxygens (including phenoxy) is 2. The quantitative estimate of drug-likeness (QED) is 0.230. The number of aliphatic hydroxyl groups excluding tert-OH is 1. The Labute approximate surface area is 271 Å². The van der Waals surface area contributed by atoms with Crippen molar-refractivity contribution in [3.8, 4) is 0 Å². The molecule has 2 aromatic heterocycles. The molecular formula is C36H29F3N4O5. The molecule has 9 nitrogen and oxygen atoms in total. The van der Waals surface area contributed by atoms with Crippen LogP contribution in [0.5, 0.6) is 0 Å². The first-order valence-corrected chi connectivity index (χ1v) is 15.6. The number of benzene rings is 4. The van der Waals surface area contributed by atoms with Crippen molar-refractivity contribution in [2.45, 2.75) is 49.8 Å². The van der Waals surface area contributed by atoms with Crippen molar-refractivity contribution in [2.75, 3.05) is 14.2 Å². The number of carbonyl (C=O) groups excluding carboxylic acids is 2. The van der Waals surface area contributed by atoms with Crippen molar-refractivity contribution in [2.24, 2.45) is 0 Å². The number of nitrogens with zero attached hydrogens (tertiary/aromatic N) is 3. The van der Waals surface area contributed by atoms with Gasteiger partial charge in [0.1, 0.15) is 12.3 Å². The summed E-state index contributed by atoms with van der Waals surface area (Å²) >= 11 is 0. The highest BCUT2D eigenvalue weighted by atomic mass is 19.4. The predicted octanol–water partition coefficient (Wildman–Crippen LogP) is 6.42. The molecule has 0 unspecified atom stereocenters. The van der Waals surface area contributed by atoms with Gasteiger partial charge >= 0.3 is 6.18 Å². The van der Waals surface area contributed by atoms with Crippen LogP contribution in [0.4, 0.5) is 13.2 Å². The molecule has 2 bridgehead atoms. The SMILES string of the molecule is CO[C@@H]1[C@H](N(C)C(=O)c2ccc(C(F)(F)F)cc2)C[C@H]2O[C@]1(C)n1c3ccccc3c3c4c(c5c6ccccc6n2c5c31)C(=O)N[C@@H]4O. The number of nitrogens with one attached hydrogen (secondary N) is 1. The summed E-state index contributed by atoms with van der Waals surface area (Å²) in [5.74, 6) is -0.827. The number of para-hydroxylation sites is 2. The molecule has 0 spiro atoms. The highest BCUT2D eigenvalue weighted by Gasteiger charge is 2.55. The third-order valence-electron chi connectivity index (χ3n) is 10.5. The van der Waals surface area contributed by atoms with Gasteiger partial charge in [-0.25, -0.2) is 0 Å². The molecule has 9 rings (SSSR count). The topological polar surface area (TPSA) is 98.0 Å². The Kier molecular flexibility index (Phi) is 5.84. The van der Waals surface area contributed by atoms with E-state index in [9.17, 15) is 27.9 Å². The number of hydrogen-bond donors (Lipinski definition) is 2. The molecule has 0 aliphatic carbocycles. The minimum Gasteiger partial charge on any atom is -0.374 e. The summed E-state index contributed by atoms with van der Waals surface area (Å²) < 4.78 is 57.4. The Balaban J connectivity index is 1.34. The van der Waals surface area contributed by atoms with Gasteiger partial charge in [-0.1, -0.05) is 36.4 Å². The van der Waals surface area contributed by atoms with E-state index in [2.05, 4.69) is 14.5 Å². The average molecular weight is 655 g/mol. The Morgan fingerprint density at radius 1 is 1.00 bits per heavy atom. The fourth-order valence-electron chi connectivity index (χ4n) is 8.59. The molecule has 3 aliphatic heterocycles. The summed E-state index contributed by atoms with van der Waals surface area (Å²) in [6.45, 7) is 1.91. The number of carbonyl (C=O) groups is 2. The lowest BCUT2D eigenvalue weighted by Gasteiger charge is -2.50. The zero-order valence-corrected chi connectivity index (χ0v) is 26.0. The zero-order valence-electron chi connectivity index (χ0n) is 26.0. The molecule has 4 aromatic carbocycles. The Hall–Kier alpha value is -4.91. The van der Waals surface area contributed by atoms with Gasteiger partial charge in [0.05, 0.1) is 39.2 Å². The minimum atomic E-state index is -4.53. The van der Waals surface area contributed by atoms with Crippen LogP contribution in [0.1, 0.15) is 57.6 Å². The van der Waals surface area contributed by atoms with Crippen LogP contribution in [0.15, 0.2) is 72.8 Å². The summed E-state index contributed by atoms with van der Waals surface area (Å²) in [6.07, 6.45) is -6.87. The molecule has 2 N–H and O–H groups in total. The second kappa shape index (κ2) is 9.59. The third kappa shape index (κ3) is 3.57. The van der Waals surface area contributed by atoms with Gasteiger partial charge in [0.2, 0.25) is 0 Å². The zero-order chi connectivity index (χ0) is 33.4. The molecule has 3 aliphatic rings. The second-order valence-corrected chi connectivity index (χ2v) is 12.9. The van der Waals surface area contributed by atoms with Gasteiger partial charge in [-0.15, -0.1) is 0 Å². The summed E-state index contributed by atoms with van der Waals surface area (Å²) in [6, 6.07) is 19.0. The van der Waals surface area contributed by atoms with Gasteiger partial charge in [-0.2, -0.15) is 13.2 Å². The Morgan fingerprint density at radius 2 is 1.65 bits per heavy atom. The summed E-state index contributed by atoms with van der Waals surface area (Å²) in [5, 5.41) is 17.1. The summed E-state index contributed by atoms with van der Waals surface area (Å²) in [4.78, 5) is 29.1. The van der Waals surface area contributed by atoms with E-state index < -0.39 is 48.0 Å². The maximum absolute atomic E-state index is 14.0. The lowest BCUT2D eigenvalue weighted by molar-refractivity contribution is -0.264. The molecule has 48 heavy (non-hydrogen) atoms. The van der Waals surface area contributed by atoms with E-state index in [0.29, 0.717) is 16.5 Å². The maximum atomic E-state index is 14.0. The molecule has 0 radical (unpaired) electrons. The normalized spacial score (nSPS) is 24.9. The number of methoxy groups -OCH3 is 1. The number of hydrogen-bond acceptors (Lipinski definition) is 5. The van der Waals surface area contributed by atoms with Crippen molar-refractivity contribution < 1.29 is 37.3 Å². The van der Waals surface area contributed by atoms with E-state index in [0.717, 1.165) is 50.4 Å². The van der Waals surface area contributed by atoms with Crippen molar-refractivity contribution in [1.29, 1.82) is 0 Å². The van der Waals surface area contributed by atoms with E-state index in [1.807, 2.05) is 55.5 Å². The number of fused-ring (bicyclic) bond motifs is 13. The minimum absolute atomic E-state index is 0.113. The standard InChI is InChI=1S/C36H29F3N4O5/c1-35-31(47-3)23(41(2)34(46)17-12-14-18(15-13-17)36(37,38)39)16-24(48-35)42-21-10-6-4-8-19(21)25-27-28(33(45)40-32(27)44)26-20-9-5-7-11-22(20)43(35)30(26)29(25)42/h4-15,23-24,31,33,45H,16H2,1-3H3,(H,40,44)/t23-,24-,31-,33-,35+/m1/s1. The summed E-state index contributed by atoms with van der Waals surface area (Å²) in [7, 11) is 3.18. The number of likely N-dealkylation sites (N-methyl/N-ethyl adjacent to an activating group) is 1. The number of aromatic nitrogens is 2. The van der Waals surface area contributed by atoms with Gasteiger partial charge < -0.3 is 33.9 Å². The highest BCUT2D eigenvalue weighted by molar-refractivity contribution is 6.31. The van der Waals surface area contributed by atoms with E-state index in [1.54, 1.807) is 14.2 Å².